The lowest BCUT2D eigenvalue weighted by Gasteiger charge is -2.44. The summed E-state index contributed by atoms with van der Waals surface area (Å²) in [6.07, 6.45) is -3.57. The Balaban J connectivity index is 1.64. The molecular weight excluding hydrogens is 436 g/mol. The van der Waals surface area contributed by atoms with Crippen molar-refractivity contribution in [2.45, 2.75) is 18.1 Å². The molecule has 1 aromatic carbocycles. The number of thioether (sulfide) groups is 1. The van der Waals surface area contributed by atoms with Crippen molar-refractivity contribution in [3.8, 4) is 0 Å². The number of rotatable bonds is 3. The van der Waals surface area contributed by atoms with Crippen LogP contribution in [-0.4, -0.2) is 35.0 Å². The Morgan fingerprint density at radius 1 is 1.29 bits per heavy atom. The molecule has 1 amide bonds. The number of nitrogens with one attached hydrogen (secondary N) is 1. The van der Waals surface area contributed by atoms with E-state index in [1.54, 1.807) is 12.1 Å². The second-order valence-corrected chi connectivity index (χ2v) is 8.30. The Bertz CT molecular complexity index is 1030. The lowest BCUT2D eigenvalue weighted by molar-refractivity contribution is -0.137. The number of alkyl halides is 3. The number of amides is 1. The average molecular weight is 454 g/mol. The number of ether oxygens (including phenoxy) is 1. The number of hydrogen-bond donors (Lipinski definition) is 2. The van der Waals surface area contributed by atoms with Crippen LogP contribution in [0, 0.1) is 11.7 Å². The zero-order valence-corrected chi connectivity index (χ0v) is 16.9. The molecule has 2 aliphatic rings. The molecule has 2 aliphatic heterocycles. The molecule has 1 saturated heterocycles. The van der Waals surface area contributed by atoms with Crippen LogP contribution in [0.5, 0.6) is 0 Å². The summed E-state index contributed by atoms with van der Waals surface area (Å²) in [5, 5.41) is 2.76. The van der Waals surface area contributed by atoms with Crippen LogP contribution in [0.15, 0.2) is 41.5 Å². The summed E-state index contributed by atoms with van der Waals surface area (Å²) in [4.78, 5) is 20.6. The van der Waals surface area contributed by atoms with Crippen molar-refractivity contribution in [2.24, 2.45) is 16.6 Å². The molecule has 0 aliphatic carbocycles. The van der Waals surface area contributed by atoms with Gasteiger partial charge >= 0.3 is 6.18 Å². The second-order valence-electron chi connectivity index (χ2n) is 7.26. The number of amidine groups is 1. The van der Waals surface area contributed by atoms with Crippen molar-refractivity contribution in [1.29, 1.82) is 0 Å². The fourth-order valence-electron chi connectivity index (χ4n) is 3.80. The molecule has 0 unspecified atom stereocenters. The standard InChI is InChI=1S/C20H18F4N4O2S/c21-16-13(19-6-7-30-9-12(19)10-31-18(25)28-19)2-1-3-14(16)27-17(29)15-5-4-11(8-26-15)20(22,23)24/h1-5,8,12H,6-7,9-10H2,(H2,25,28)(H,27,29)/t12-,19-/m0/s1. The number of halogens is 4. The van der Waals surface area contributed by atoms with E-state index < -0.39 is 29.0 Å². The molecule has 0 saturated carbocycles. The molecule has 164 valence electrons. The summed E-state index contributed by atoms with van der Waals surface area (Å²) >= 11 is 1.38. The Morgan fingerprint density at radius 3 is 2.81 bits per heavy atom. The van der Waals surface area contributed by atoms with E-state index in [2.05, 4.69) is 15.3 Å². The zero-order chi connectivity index (χ0) is 22.2. The van der Waals surface area contributed by atoms with Gasteiger partial charge in [0.15, 0.2) is 11.0 Å². The van der Waals surface area contributed by atoms with Gasteiger partial charge in [-0.1, -0.05) is 23.9 Å². The molecule has 11 heteroatoms. The van der Waals surface area contributed by atoms with E-state index in [4.69, 9.17) is 10.5 Å². The fraction of sp³-hybridized carbons (Fsp3) is 0.350. The minimum absolute atomic E-state index is 0.0874. The third-order valence-corrected chi connectivity index (χ3v) is 6.36. The van der Waals surface area contributed by atoms with Crippen molar-refractivity contribution < 1.29 is 27.1 Å². The number of hydrogen-bond acceptors (Lipinski definition) is 6. The van der Waals surface area contributed by atoms with Gasteiger partial charge in [-0.05, 0) is 18.2 Å². The van der Waals surface area contributed by atoms with E-state index >= 15 is 4.39 Å². The van der Waals surface area contributed by atoms with Crippen LogP contribution in [0.25, 0.3) is 0 Å². The van der Waals surface area contributed by atoms with Gasteiger partial charge < -0.3 is 15.8 Å². The first-order valence-electron chi connectivity index (χ1n) is 9.40. The van der Waals surface area contributed by atoms with E-state index in [0.29, 0.717) is 42.3 Å². The number of aromatic nitrogens is 1. The topological polar surface area (TPSA) is 89.6 Å². The molecule has 0 radical (unpaired) electrons. The highest BCUT2D eigenvalue weighted by molar-refractivity contribution is 8.13. The zero-order valence-electron chi connectivity index (χ0n) is 16.1. The SMILES string of the molecule is NC1=N[C@@]2(c3cccc(NC(=O)c4ccc(C(F)(F)F)cn4)c3F)CCOC[C@H]2CS1. The van der Waals surface area contributed by atoms with Crippen LogP contribution >= 0.6 is 11.8 Å². The van der Waals surface area contributed by atoms with Crippen molar-refractivity contribution in [3.63, 3.8) is 0 Å². The summed E-state index contributed by atoms with van der Waals surface area (Å²) in [6.45, 7) is 0.804. The van der Waals surface area contributed by atoms with Crippen molar-refractivity contribution in [1.82, 2.24) is 4.98 Å². The van der Waals surface area contributed by atoms with Crippen LogP contribution in [-0.2, 0) is 16.5 Å². The van der Waals surface area contributed by atoms with E-state index in [1.807, 2.05) is 0 Å². The van der Waals surface area contributed by atoms with Crippen molar-refractivity contribution in [3.05, 3.63) is 59.2 Å². The predicted molar refractivity (Wildman–Crippen MR) is 108 cm³/mol. The van der Waals surface area contributed by atoms with Gasteiger partial charge in [-0.3, -0.25) is 14.8 Å². The van der Waals surface area contributed by atoms with Gasteiger partial charge in [0.25, 0.3) is 5.91 Å². The Kier molecular flexibility index (Phi) is 5.65. The summed E-state index contributed by atoms with van der Waals surface area (Å²) in [6, 6.07) is 6.25. The minimum atomic E-state index is -4.57. The number of pyridine rings is 1. The molecule has 2 aromatic rings. The highest BCUT2D eigenvalue weighted by atomic mass is 32.2. The molecule has 4 rings (SSSR count). The lowest BCUT2D eigenvalue weighted by atomic mass is 9.75. The predicted octanol–water partition coefficient (Wildman–Crippen LogP) is 3.79. The molecule has 0 bridgehead atoms. The van der Waals surface area contributed by atoms with Crippen LogP contribution in [0.2, 0.25) is 0 Å². The molecule has 31 heavy (non-hydrogen) atoms. The first kappa shape index (κ1) is 21.6. The number of carbonyl (C=O) groups is 1. The molecule has 1 fully saturated rings. The number of benzene rings is 1. The first-order chi connectivity index (χ1) is 14.7. The molecule has 0 spiro atoms. The van der Waals surface area contributed by atoms with Crippen LogP contribution in [0.1, 0.15) is 28.0 Å². The van der Waals surface area contributed by atoms with Crippen LogP contribution in [0.4, 0.5) is 23.2 Å². The van der Waals surface area contributed by atoms with Crippen molar-refractivity contribution >= 4 is 28.5 Å². The number of aliphatic imine (C=N–C) groups is 1. The number of anilines is 1. The smallest absolute Gasteiger partial charge is 0.381 e. The first-order valence-corrected chi connectivity index (χ1v) is 10.4. The largest absolute Gasteiger partial charge is 0.417 e. The van der Waals surface area contributed by atoms with Gasteiger partial charge in [-0.15, -0.1) is 0 Å². The number of nitrogens with zero attached hydrogens (tertiary/aromatic N) is 2. The maximum atomic E-state index is 15.5. The number of carbonyl (C=O) groups excluding carboxylic acids is 1. The maximum absolute atomic E-state index is 15.5. The lowest BCUT2D eigenvalue weighted by Crippen LogP contribution is -2.47. The molecule has 6 nitrogen and oxygen atoms in total. The fourth-order valence-corrected chi connectivity index (χ4v) is 4.77. The van der Waals surface area contributed by atoms with Gasteiger partial charge in [0.2, 0.25) is 0 Å². The quantitative estimate of drug-likeness (QED) is 0.689. The summed E-state index contributed by atoms with van der Waals surface area (Å²) < 4.78 is 59.1. The van der Waals surface area contributed by atoms with E-state index in [0.717, 1.165) is 12.1 Å². The number of fused-ring (bicyclic) bond motifs is 1. The third kappa shape index (κ3) is 4.11. The summed E-state index contributed by atoms with van der Waals surface area (Å²) in [5.41, 5.74) is 3.98. The van der Waals surface area contributed by atoms with Crippen LogP contribution < -0.4 is 11.1 Å². The summed E-state index contributed by atoms with van der Waals surface area (Å²) in [7, 11) is 0. The third-order valence-electron chi connectivity index (χ3n) is 5.40. The highest BCUT2D eigenvalue weighted by Gasteiger charge is 2.47. The number of nitrogens with two attached hydrogens (primary N) is 1. The average Bonchev–Trinajstić information content (AvgIpc) is 2.74. The molecule has 1 aromatic heterocycles. The van der Waals surface area contributed by atoms with E-state index in [1.165, 1.54) is 17.8 Å². The van der Waals surface area contributed by atoms with Gasteiger partial charge in [0, 0.05) is 36.5 Å². The van der Waals surface area contributed by atoms with Gasteiger partial charge in [0.05, 0.1) is 23.4 Å². The minimum Gasteiger partial charge on any atom is -0.381 e. The molecule has 3 heterocycles. The van der Waals surface area contributed by atoms with E-state index in [9.17, 15) is 18.0 Å². The van der Waals surface area contributed by atoms with Gasteiger partial charge in [-0.2, -0.15) is 13.2 Å². The van der Waals surface area contributed by atoms with Gasteiger partial charge in [0.1, 0.15) is 5.69 Å². The van der Waals surface area contributed by atoms with Crippen LogP contribution in [0.3, 0.4) is 0 Å². The Hall–Kier alpha value is -2.66. The monoisotopic (exact) mass is 454 g/mol. The molecule has 2 atom stereocenters. The van der Waals surface area contributed by atoms with E-state index in [-0.39, 0.29) is 17.3 Å². The normalized spacial score (nSPS) is 23.6. The molecule has 3 N–H and O–H groups in total. The second kappa shape index (κ2) is 8.12. The van der Waals surface area contributed by atoms with Gasteiger partial charge in [-0.25, -0.2) is 4.39 Å². The maximum Gasteiger partial charge on any atom is 0.417 e. The van der Waals surface area contributed by atoms with Crippen molar-refractivity contribution in [2.75, 3.05) is 24.3 Å². The Labute approximate surface area is 179 Å². The summed E-state index contributed by atoms with van der Waals surface area (Å²) in [5.74, 6) is -0.956. The molecular formula is C20H18F4N4O2S. The highest BCUT2D eigenvalue weighted by Crippen LogP contribution is 2.46. The Morgan fingerprint density at radius 2 is 2.10 bits per heavy atom.